The summed E-state index contributed by atoms with van der Waals surface area (Å²) in [5, 5.41) is 13.3. The van der Waals surface area contributed by atoms with Gasteiger partial charge in [0.1, 0.15) is 11.3 Å². The lowest BCUT2D eigenvalue weighted by atomic mass is 10.1. The van der Waals surface area contributed by atoms with Crippen molar-refractivity contribution < 1.29 is 18.7 Å². The number of fused-ring (bicyclic) bond motifs is 1. The second-order valence-electron chi connectivity index (χ2n) is 6.84. The van der Waals surface area contributed by atoms with Crippen LogP contribution in [0.3, 0.4) is 0 Å². The van der Waals surface area contributed by atoms with Crippen molar-refractivity contribution in [3.8, 4) is 5.75 Å². The van der Waals surface area contributed by atoms with Gasteiger partial charge in [-0.05, 0) is 30.7 Å². The van der Waals surface area contributed by atoms with Gasteiger partial charge in [-0.15, -0.1) is 0 Å². The maximum absolute atomic E-state index is 13.4. The number of hydrogen-bond donors (Lipinski definition) is 2. The van der Waals surface area contributed by atoms with Gasteiger partial charge in [-0.25, -0.2) is 8.78 Å². The van der Waals surface area contributed by atoms with Crippen LogP contribution in [0.4, 0.5) is 14.5 Å². The molecule has 3 rings (SSSR count). The number of halogens is 2. The zero-order valence-electron chi connectivity index (χ0n) is 16.0. The standard InChI is InChI=1S/C22H22F2N2O3/c1-2-3-4-7-12-26-18-9-6-5-8-15(18)20(27)19(22(26)29)21(28)25-14-10-11-16(23)17(24)13-14/h5-6,8-11,13,27H,2-4,7,12H2,1H3,(H,25,28). The van der Waals surface area contributed by atoms with Gasteiger partial charge in [0.15, 0.2) is 11.6 Å². The highest BCUT2D eigenvalue weighted by Gasteiger charge is 2.22. The molecule has 0 radical (unpaired) electrons. The van der Waals surface area contributed by atoms with Crippen LogP contribution in [-0.2, 0) is 6.54 Å². The molecule has 0 aliphatic heterocycles. The largest absolute Gasteiger partial charge is 0.506 e. The maximum Gasteiger partial charge on any atom is 0.267 e. The summed E-state index contributed by atoms with van der Waals surface area (Å²) in [6.45, 7) is 2.49. The Hall–Kier alpha value is -3.22. The molecule has 0 unspecified atom stereocenters. The molecule has 1 aromatic heterocycles. The zero-order chi connectivity index (χ0) is 21.0. The van der Waals surface area contributed by atoms with Gasteiger partial charge in [0.2, 0.25) is 0 Å². The second-order valence-corrected chi connectivity index (χ2v) is 6.84. The average molecular weight is 400 g/mol. The molecular formula is C22H22F2N2O3. The van der Waals surface area contributed by atoms with Gasteiger partial charge < -0.3 is 15.0 Å². The van der Waals surface area contributed by atoms with Crippen LogP contribution in [0.2, 0.25) is 0 Å². The lowest BCUT2D eigenvalue weighted by Crippen LogP contribution is -2.30. The summed E-state index contributed by atoms with van der Waals surface area (Å²) in [7, 11) is 0. The number of nitrogens with zero attached hydrogens (tertiary/aromatic N) is 1. The number of para-hydroxylation sites is 1. The minimum atomic E-state index is -1.13. The number of nitrogens with one attached hydrogen (secondary N) is 1. The first-order chi connectivity index (χ1) is 13.9. The maximum atomic E-state index is 13.4. The topological polar surface area (TPSA) is 71.3 Å². The van der Waals surface area contributed by atoms with Gasteiger partial charge in [-0.3, -0.25) is 9.59 Å². The number of carbonyl (C=O) groups is 1. The SMILES string of the molecule is CCCCCCn1c(=O)c(C(=O)Nc2ccc(F)c(F)c2)c(O)c2ccccc21. The molecule has 0 bridgehead atoms. The Bertz CT molecular complexity index is 1110. The molecule has 0 aliphatic rings. The molecule has 5 nitrogen and oxygen atoms in total. The molecule has 0 saturated heterocycles. The van der Waals surface area contributed by atoms with Crippen LogP contribution in [0.25, 0.3) is 10.9 Å². The van der Waals surface area contributed by atoms with E-state index in [0.717, 1.165) is 37.8 Å². The van der Waals surface area contributed by atoms with E-state index in [0.29, 0.717) is 17.4 Å². The number of aromatic nitrogens is 1. The van der Waals surface area contributed by atoms with E-state index in [1.54, 1.807) is 24.3 Å². The summed E-state index contributed by atoms with van der Waals surface area (Å²) in [6.07, 6.45) is 3.78. The van der Waals surface area contributed by atoms with E-state index in [1.807, 2.05) is 0 Å². The van der Waals surface area contributed by atoms with Crippen LogP contribution in [-0.4, -0.2) is 15.6 Å². The number of carbonyl (C=O) groups excluding carboxylic acids is 1. The first-order valence-electron chi connectivity index (χ1n) is 9.55. The lowest BCUT2D eigenvalue weighted by Gasteiger charge is -2.15. The van der Waals surface area contributed by atoms with E-state index >= 15 is 0 Å². The Morgan fingerprint density at radius 2 is 1.83 bits per heavy atom. The predicted molar refractivity (Wildman–Crippen MR) is 108 cm³/mol. The molecule has 0 saturated carbocycles. The smallest absolute Gasteiger partial charge is 0.267 e. The molecule has 1 amide bonds. The van der Waals surface area contributed by atoms with Crippen LogP contribution in [0.15, 0.2) is 47.3 Å². The van der Waals surface area contributed by atoms with E-state index < -0.39 is 34.4 Å². The number of anilines is 1. The van der Waals surface area contributed by atoms with Crippen LogP contribution in [0, 0.1) is 11.6 Å². The number of aromatic hydroxyl groups is 1. The Balaban J connectivity index is 2.03. The van der Waals surface area contributed by atoms with Crippen LogP contribution in [0.1, 0.15) is 43.0 Å². The first-order valence-corrected chi connectivity index (χ1v) is 9.55. The van der Waals surface area contributed by atoms with Gasteiger partial charge >= 0.3 is 0 Å². The van der Waals surface area contributed by atoms with Crippen molar-refractivity contribution in [1.82, 2.24) is 4.57 Å². The van der Waals surface area contributed by atoms with Crippen LogP contribution < -0.4 is 10.9 Å². The molecule has 3 aromatic rings. The summed E-state index contributed by atoms with van der Waals surface area (Å²) < 4.78 is 28.0. The highest BCUT2D eigenvalue weighted by molar-refractivity contribution is 6.09. The summed E-state index contributed by atoms with van der Waals surface area (Å²) in [6, 6.07) is 9.66. The molecule has 0 aliphatic carbocycles. The molecule has 0 fully saturated rings. The molecule has 0 atom stereocenters. The van der Waals surface area contributed by atoms with E-state index in [-0.39, 0.29) is 5.69 Å². The quantitative estimate of drug-likeness (QED) is 0.559. The number of amides is 1. The summed E-state index contributed by atoms with van der Waals surface area (Å²) in [4.78, 5) is 25.8. The van der Waals surface area contributed by atoms with Gasteiger partial charge in [-0.2, -0.15) is 0 Å². The minimum absolute atomic E-state index is 0.0182. The van der Waals surface area contributed by atoms with Gasteiger partial charge in [0.05, 0.1) is 5.52 Å². The number of rotatable bonds is 7. The molecule has 2 N–H and O–H groups in total. The van der Waals surface area contributed by atoms with Crippen molar-refractivity contribution in [3.63, 3.8) is 0 Å². The lowest BCUT2D eigenvalue weighted by molar-refractivity contribution is 0.102. The van der Waals surface area contributed by atoms with E-state index in [4.69, 9.17) is 0 Å². The molecule has 0 spiro atoms. The Kier molecular flexibility index (Phi) is 6.26. The van der Waals surface area contributed by atoms with E-state index in [2.05, 4.69) is 12.2 Å². The number of benzene rings is 2. The van der Waals surface area contributed by atoms with Crippen molar-refractivity contribution >= 4 is 22.5 Å². The van der Waals surface area contributed by atoms with Gasteiger partial charge in [0.25, 0.3) is 11.5 Å². The van der Waals surface area contributed by atoms with Crippen molar-refractivity contribution in [2.75, 3.05) is 5.32 Å². The van der Waals surface area contributed by atoms with E-state index in [1.165, 1.54) is 10.6 Å². The van der Waals surface area contributed by atoms with Crippen molar-refractivity contribution in [3.05, 3.63) is 70.0 Å². The van der Waals surface area contributed by atoms with Crippen LogP contribution in [0.5, 0.6) is 5.75 Å². The molecule has 1 heterocycles. The van der Waals surface area contributed by atoms with Gasteiger partial charge in [0, 0.05) is 23.7 Å². The normalized spacial score (nSPS) is 11.0. The highest BCUT2D eigenvalue weighted by Crippen LogP contribution is 2.27. The van der Waals surface area contributed by atoms with Crippen molar-refractivity contribution in [2.24, 2.45) is 0 Å². The number of pyridine rings is 1. The summed E-state index contributed by atoms with van der Waals surface area (Å²) in [5.74, 6) is -3.49. The highest BCUT2D eigenvalue weighted by atomic mass is 19.2. The van der Waals surface area contributed by atoms with Gasteiger partial charge in [-0.1, -0.05) is 38.3 Å². The summed E-state index contributed by atoms with van der Waals surface area (Å²) >= 11 is 0. The molecular weight excluding hydrogens is 378 g/mol. The van der Waals surface area contributed by atoms with Crippen molar-refractivity contribution in [2.45, 2.75) is 39.2 Å². The molecule has 2 aromatic carbocycles. The fourth-order valence-electron chi connectivity index (χ4n) is 3.28. The minimum Gasteiger partial charge on any atom is -0.506 e. The zero-order valence-corrected chi connectivity index (χ0v) is 16.0. The Morgan fingerprint density at radius 1 is 1.07 bits per heavy atom. The monoisotopic (exact) mass is 400 g/mol. The van der Waals surface area contributed by atoms with E-state index in [9.17, 15) is 23.5 Å². The average Bonchev–Trinajstić information content (AvgIpc) is 2.70. The molecule has 7 heteroatoms. The summed E-state index contributed by atoms with van der Waals surface area (Å²) in [5.41, 5.74) is -0.534. The third kappa shape index (κ3) is 4.29. The first kappa shape index (κ1) is 20.5. The number of aryl methyl sites for hydroxylation is 1. The fourth-order valence-corrected chi connectivity index (χ4v) is 3.28. The molecule has 152 valence electrons. The Morgan fingerprint density at radius 3 is 2.55 bits per heavy atom. The predicted octanol–water partition coefficient (Wildman–Crippen LogP) is 4.82. The van der Waals surface area contributed by atoms with Crippen molar-refractivity contribution in [1.29, 1.82) is 0 Å². The fraction of sp³-hybridized carbons (Fsp3) is 0.273. The second kappa shape index (κ2) is 8.86. The number of unbranched alkanes of at least 4 members (excludes halogenated alkanes) is 3. The molecule has 29 heavy (non-hydrogen) atoms. The third-order valence-corrected chi connectivity index (χ3v) is 4.79. The number of hydrogen-bond acceptors (Lipinski definition) is 3. The van der Waals surface area contributed by atoms with Crippen LogP contribution >= 0.6 is 0 Å². The Labute approximate surface area is 166 Å². The third-order valence-electron chi connectivity index (χ3n) is 4.79.